The van der Waals surface area contributed by atoms with Gasteiger partial charge in [-0.2, -0.15) is 0 Å². The molecule has 4 heterocycles. The number of rotatable bonds is 7. The minimum absolute atomic E-state index is 0.0623. The van der Waals surface area contributed by atoms with E-state index in [9.17, 15) is 23.9 Å². The van der Waals surface area contributed by atoms with Crippen LogP contribution in [0.15, 0.2) is 23.0 Å². The topological polar surface area (TPSA) is 146 Å². The lowest BCUT2D eigenvalue weighted by atomic mass is 9.89. The van der Waals surface area contributed by atoms with Gasteiger partial charge in [0.15, 0.2) is 6.10 Å². The minimum atomic E-state index is -1.55. The number of hydrogen-bond acceptors (Lipinski definition) is 8. The number of nitrogens with zero attached hydrogens (tertiary/aromatic N) is 2. The van der Waals surface area contributed by atoms with Crippen LogP contribution in [0.25, 0.3) is 22.3 Å². The molecule has 4 N–H and O–H groups in total. The lowest BCUT2D eigenvalue weighted by Gasteiger charge is -2.21. The first kappa shape index (κ1) is 24.7. The number of hydrogen-bond donors (Lipinski definition) is 3. The zero-order chi connectivity index (χ0) is 26.8. The quantitative estimate of drug-likeness (QED) is 0.187. The van der Waals surface area contributed by atoms with Gasteiger partial charge in [-0.25, -0.2) is 14.2 Å². The van der Waals surface area contributed by atoms with Crippen LogP contribution in [0.2, 0.25) is 0 Å². The maximum atomic E-state index is 14.6. The number of ether oxygens (including phenoxy) is 2. The summed E-state index contributed by atoms with van der Waals surface area (Å²) in [5, 5.41) is 13.8. The summed E-state index contributed by atoms with van der Waals surface area (Å²) in [4.78, 5) is 41.5. The Morgan fingerprint density at radius 1 is 1.32 bits per heavy atom. The van der Waals surface area contributed by atoms with Crippen molar-refractivity contribution in [2.75, 3.05) is 19.9 Å². The number of carbonyl (C=O) groups is 2. The van der Waals surface area contributed by atoms with E-state index in [-0.39, 0.29) is 60.3 Å². The Kier molecular flexibility index (Phi) is 5.82. The van der Waals surface area contributed by atoms with Gasteiger partial charge in [0.25, 0.3) is 5.56 Å². The molecule has 2 aromatic heterocycles. The lowest BCUT2D eigenvalue weighted by Crippen LogP contribution is -2.33. The van der Waals surface area contributed by atoms with E-state index >= 15 is 0 Å². The van der Waals surface area contributed by atoms with Gasteiger partial charge in [0, 0.05) is 22.6 Å². The molecule has 1 fully saturated rings. The number of carbonyl (C=O) groups excluding carboxylic acids is 2. The Morgan fingerprint density at radius 2 is 2.11 bits per heavy atom. The highest BCUT2D eigenvalue weighted by atomic mass is 19.1. The fourth-order valence-electron chi connectivity index (χ4n) is 5.44. The highest BCUT2D eigenvalue weighted by Gasteiger charge is 2.44. The molecule has 10 nitrogen and oxygen atoms in total. The lowest BCUT2D eigenvalue weighted by molar-refractivity contribution is -0.157. The van der Waals surface area contributed by atoms with E-state index in [4.69, 9.17) is 20.2 Å². The monoisotopic (exact) mass is 522 g/mol. The molecule has 2 aliphatic heterocycles. The molecule has 0 unspecified atom stereocenters. The van der Waals surface area contributed by atoms with Crippen molar-refractivity contribution in [3.63, 3.8) is 0 Å². The van der Waals surface area contributed by atoms with Gasteiger partial charge in [-0.15, -0.1) is 0 Å². The standard InChI is InChI=1S/C27H27FN4O6/c1-13-4-14-16(7-27(2-3-27)11-37-12-30-22(33)8-29)17-9-32-21(23(17)31-20(14)6-19(13)28)5-15-18(25(32)35)10-38-26(36)24(15)34/h4-6,24,34H,2-3,7-12,29H2,1H3,(H,30,33)/t24-/m0/s1. The molecule has 1 aliphatic carbocycles. The molecular formula is C27H27FN4O6. The second-order valence-corrected chi connectivity index (χ2v) is 10.4. The fourth-order valence-corrected chi connectivity index (χ4v) is 5.44. The van der Waals surface area contributed by atoms with Crippen LogP contribution >= 0.6 is 0 Å². The van der Waals surface area contributed by atoms with Gasteiger partial charge in [0.2, 0.25) is 5.91 Å². The second kappa shape index (κ2) is 8.97. The maximum Gasteiger partial charge on any atom is 0.340 e. The number of amides is 1. The third-order valence-corrected chi connectivity index (χ3v) is 7.83. The van der Waals surface area contributed by atoms with Gasteiger partial charge in [-0.1, -0.05) is 0 Å². The number of benzene rings is 1. The van der Waals surface area contributed by atoms with Crippen LogP contribution in [0.5, 0.6) is 0 Å². The van der Waals surface area contributed by atoms with Crippen LogP contribution in [0.1, 0.15) is 46.8 Å². The number of aryl methyl sites for hydroxylation is 1. The smallest absolute Gasteiger partial charge is 0.340 e. The molecule has 1 amide bonds. The second-order valence-electron chi connectivity index (χ2n) is 10.4. The number of cyclic esters (lactones) is 1. The Balaban J connectivity index is 1.43. The molecular weight excluding hydrogens is 495 g/mol. The van der Waals surface area contributed by atoms with Crippen molar-refractivity contribution < 1.29 is 28.6 Å². The van der Waals surface area contributed by atoms with E-state index in [2.05, 4.69) is 5.32 Å². The Morgan fingerprint density at radius 3 is 2.84 bits per heavy atom. The van der Waals surface area contributed by atoms with Crippen molar-refractivity contribution in [3.8, 4) is 11.4 Å². The number of aromatic nitrogens is 2. The fraction of sp³-hybridized carbons (Fsp3) is 0.407. The van der Waals surface area contributed by atoms with Crippen molar-refractivity contribution in [2.45, 2.75) is 45.4 Å². The molecule has 3 aliphatic rings. The van der Waals surface area contributed by atoms with Gasteiger partial charge in [0.05, 0.1) is 42.2 Å². The predicted octanol–water partition coefficient (Wildman–Crippen LogP) is 1.33. The first-order valence-corrected chi connectivity index (χ1v) is 12.5. The van der Waals surface area contributed by atoms with E-state index in [0.29, 0.717) is 35.5 Å². The van der Waals surface area contributed by atoms with Crippen LogP contribution in [0.4, 0.5) is 4.39 Å². The van der Waals surface area contributed by atoms with Gasteiger partial charge in [-0.05, 0) is 54.9 Å². The van der Waals surface area contributed by atoms with Crippen molar-refractivity contribution in [3.05, 3.63) is 62.2 Å². The number of esters is 1. The third kappa shape index (κ3) is 3.98. The van der Waals surface area contributed by atoms with Crippen LogP contribution in [0, 0.1) is 18.2 Å². The number of nitrogens with one attached hydrogen (secondary N) is 1. The van der Waals surface area contributed by atoms with Crippen LogP contribution in [-0.2, 0) is 38.6 Å². The first-order chi connectivity index (χ1) is 18.2. The molecule has 0 bridgehead atoms. The molecule has 0 spiro atoms. The molecule has 1 atom stereocenters. The largest absolute Gasteiger partial charge is 0.458 e. The van der Waals surface area contributed by atoms with Crippen molar-refractivity contribution in [2.24, 2.45) is 11.1 Å². The number of aliphatic hydroxyl groups excluding tert-OH is 1. The number of fused-ring (bicyclic) bond motifs is 5. The first-order valence-electron chi connectivity index (χ1n) is 12.5. The van der Waals surface area contributed by atoms with E-state index in [1.807, 2.05) is 0 Å². The highest BCUT2D eigenvalue weighted by Crippen LogP contribution is 2.51. The maximum absolute atomic E-state index is 14.6. The summed E-state index contributed by atoms with van der Waals surface area (Å²) >= 11 is 0. The molecule has 38 heavy (non-hydrogen) atoms. The number of aliphatic hydroxyl groups is 1. The Bertz CT molecular complexity index is 1580. The van der Waals surface area contributed by atoms with Gasteiger partial charge in [-0.3, -0.25) is 9.59 Å². The Hall–Kier alpha value is -3.67. The molecule has 3 aromatic rings. The molecule has 11 heteroatoms. The van der Waals surface area contributed by atoms with E-state index < -0.39 is 12.1 Å². The molecule has 0 radical (unpaired) electrons. The van der Waals surface area contributed by atoms with Crippen molar-refractivity contribution >= 4 is 22.8 Å². The van der Waals surface area contributed by atoms with Crippen LogP contribution in [0.3, 0.4) is 0 Å². The van der Waals surface area contributed by atoms with Crippen LogP contribution in [-0.4, -0.2) is 46.4 Å². The summed E-state index contributed by atoms with van der Waals surface area (Å²) in [6.07, 6.45) is 0.914. The Labute approximate surface area is 216 Å². The van der Waals surface area contributed by atoms with E-state index in [1.165, 1.54) is 6.07 Å². The molecule has 1 aromatic carbocycles. The van der Waals surface area contributed by atoms with Crippen molar-refractivity contribution in [1.29, 1.82) is 0 Å². The van der Waals surface area contributed by atoms with Crippen LogP contribution < -0.4 is 16.6 Å². The zero-order valence-electron chi connectivity index (χ0n) is 20.8. The van der Waals surface area contributed by atoms with Gasteiger partial charge in [0.1, 0.15) is 19.2 Å². The summed E-state index contributed by atoms with van der Waals surface area (Å²) in [5.74, 6) is -1.48. The molecule has 1 saturated carbocycles. The summed E-state index contributed by atoms with van der Waals surface area (Å²) in [6.45, 7) is 2.14. The molecule has 6 rings (SSSR count). The normalized spacial score (nSPS) is 18.5. The predicted molar refractivity (Wildman–Crippen MR) is 133 cm³/mol. The average molecular weight is 523 g/mol. The highest BCUT2D eigenvalue weighted by molar-refractivity contribution is 5.89. The zero-order valence-corrected chi connectivity index (χ0v) is 20.8. The number of pyridine rings is 2. The minimum Gasteiger partial charge on any atom is -0.458 e. The van der Waals surface area contributed by atoms with Gasteiger partial charge >= 0.3 is 5.97 Å². The summed E-state index contributed by atoms with van der Waals surface area (Å²) in [7, 11) is 0. The van der Waals surface area contributed by atoms with E-state index in [1.54, 1.807) is 23.6 Å². The molecule has 198 valence electrons. The summed E-state index contributed by atoms with van der Waals surface area (Å²) in [5.41, 5.74) is 9.07. The third-order valence-electron chi connectivity index (χ3n) is 7.83. The SMILES string of the molecule is Cc1cc2c(CC3(COCNC(=O)CN)CC3)c3c(nc2cc1F)-c1cc2c(c(=O)n1C3)COC(=O)[C@H]2O. The summed E-state index contributed by atoms with van der Waals surface area (Å²) < 4.78 is 26.9. The average Bonchev–Trinajstić information content (AvgIpc) is 3.57. The van der Waals surface area contributed by atoms with Gasteiger partial charge < -0.3 is 30.2 Å². The number of halogens is 1. The van der Waals surface area contributed by atoms with Crippen molar-refractivity contribution in [1.82, 2.24) is 14.9 Å². The molecule has 0 saturated heterocycles. The van der Waals surface area contributed by atoms with E-state index in [0.717, 1.165) is 29.4 Å². The number of nitrogens with two attached hydrogens (primary N) is 1. The summed E-state index contributed by atoms with van der Waals surface area (Å²) in [6, 6.07) is 4.81.